The van der Waals surface area contributed by atoms with Gasteiger partial charge in [-0.15, -0.1) is 0 Å². The van der Waals surface area contributed by atoms with Gasteiger partial charge in [0.25, 0.3) is 0 Å². The Morgan fingerprint density at radius 2 is 1.70 bits per heavy atom. The van der Waals surface area contributed by atoms with Crippen LogP contribution in [-0.2, 0) is 6.42 Å². The van der Waals surface area contributed by atoms with Crippen molar-refractivity contribution >= 4 is 5.69 Å². The van der Waals surface area contributed by atoms with E-state index in [0.717, 1.165) is 19.4 Å². The van der Waals surface area contributed by atoms with E-state index in [9.17, 15) is 0 Å². The lowest BCUT2D eigenvalue weighted by Gasteiger charge is -2.41. The summed E-state index contributed by atoms with van der Waals surface area (Å²) in [5.41, 5.74) is 12.2. The zero-order valence-corrected chi connectivity index (χ0v) is 11.6. The number of hydrogen-bond acceptors (Lipinski definition) is 2. The Balaban J connectivity index is 1.94. The van der Waals surface area contributed by atoms with Gasteiger partial charge in [0.1, 0.15) is 0 Å². The zero-order valence-electron chi connectivity index (χ0n) is 11.6. The van der Waals surface area contributed by atoms with E-state index >= 15 is 0 Å². The van der Waals surface area contributed by atoms with Gasteiger partial charge < -0.3 is 10.6 Å². The minimum atomic E-state index is 0.232. The smallest absolute Gasteiger partial charge is 0.0696 e. The van der Waals surface area contributed by atoms with Crippen LogP contribution >= 0.6 is 0 Å². The number of hydrogen-bond donors (Lipinski definition) is 1. The van der Waals surface area contributed by atoms with Crippen LogP contribution in [0, 0.1) is 0 Å². The Kier molecular flexibility index (Phi) is 2.78. The topological polar surface area (TPSA) is 29.3 Å². The van der Waals surface area contributed by atoms with E-state index in [1.807, 2.05) is 0 Å². The predicted molar refractivity (Wildman–Crippen MR) is 83.0 cm³/mol. The summed E-state index contributed by atoms with van der Waals surface area (Å²) in [6.45, 7) is 1.11. The normalized spacial score (nSPS) is 24.4. The summed E-state index contributed by atoms with van der Waals surface area (Å²) in [6.07, 6.45) is 3.33. The fourth-order valence-corrected chi connectivity index (χ4v) is 3.82. The lowest BCUT2D eigenvalue weighted by Crippen LogP contribution is -2.46. The van der Waals surface area contributed by atoms with E-state index in [-0.39, 0.29) is 6.04 Å². The van der Waals surface area contributed by atoms with Crippen molar-refractivity contribution < 1.29 is 0 Å². The first-order valence-corrected chi connectivity index (χ1v) is 7.52. The number of fused-ring (bicyclic) bond motifs is 5. The third-order valence-corrected chi connectivity index (χ3v) is 4.73. The van der Waals surface area contributed by atoms with Gasteiger partial charge in [0.05, 0.1) is 6.04 Å². The first-order chi connectivity index (χ1) is 9.84. The first-order valence-electron chi connectivity index (χ1n) is 7.52. The van der Waals surface area contributed by atoms with Gasteiger partial charge in [0.15, 0.2) is 0 Å². The number of anilines is 1. The highest BCUT2D eigenvalue weighted by molar-refractivity contribution is 5.61. The minimum absolute atomic E-state index is 0.232. The molecule has 2 atom stereocenters. The standard InChI is InChI=1S/C18H20N2/c19-16-9-5-11-20-17-10-4-2-7-14(17)12-13-6-1-3-8-15(13)18(16)20/h1-4,6-8,10,16,18H,5,9,11-12,19H2/t16-,18+/m1/s1. The minimum Gasteiger partial charge on any atom is -0.363 e. The molecule has 0 radical (unpaired) electrons. The Labute approximate surface area is 120 Å². The van der Waals surface area contributed by atoms with Crippen LogP contribution in [-0.4, -0.2) is 12.6 Å². The third-order valence-electron chi connectivity index (χ3n) is 4.73. The Bertz CT molecular complexity index is 635. The van der Waals surface area contributed by atoms with Crippen molar-refractivity contribution in [1.29, 1.82) is 0 Å². The summed E-state index contributed by atoms with van der Waals surface area (Å²) in [5.74, 6) is 0. The maximum Gasteiger partial charge on any atom is 0.0696 e. The molecule has 2 N–H and O–H groups in total. The molecule has 2 heterocycles. The monoisotopic (exact) mass is 264 g/mol. The molecule has 2 aliphatic rings. The molecular weight excluding hydrogens is 244 g/mol. The van der Waals surface area contributed by atoms with E-state index < -0.39 is 0 Å². The quantitative estimate of drug-likeness (QED) is 0.791. The summed E-state index contributed by atoms with van der Waals surface area (Å²) in [6, 6.07) is 18.2. The van der Waals surface area contributed by atoms with Gasteiger partial charge in [-0.3, -0.25) is 0 Å². The maximum absolute atomic E-state index is 6.49. The van der Waals surface area contributed by atoms with Gasteiger partial charge >= 0.3 is 0 Å². The summed E-state index contributed by atoms with van der Waals surface area (Å²) in [4.78, 5) is 2.54. The number of benzene rings is 2. The fourth-order valence-electron chi connectivity index (χ4n) is 3.82. The maximum atomic E-state index is 6.49. The second-order valence-electron chi connectivity index (χ2n) is 5.95. The van der Waals surface area contributed by atoms with Crippen LogP contribution < -0.4 is 10.6 Å². The van der Waals surface area contributed by atoms with Crippen LogP contribution in [0.15, 0.2) is 48.5 Å². The molecule has 0 amide bonds. The van der Waals surface area contributed by atoms with Crippen molar-refractivity contribution in [3.8, 4) is 0 Å². The molecule has 1 fully saturated rings. The van der Waals surface area contributed by atoms with Crippen molar-refractivity contribution in [2.24, 2.45) is 5.73 Å². The van der Waals surface area contributed by atoms with Crippen LogP contribution in [0.1, 0.15) is 35.6 Å². The number of nitrogens with two attached hydrogens (primary N) is 1. The molecular formula is C18H20N2. The molecule has 102 valence electrons. The van der Waals surface area contributed by atoms with Crippen LogP contribution in [0.4, 0.5) is 5.69 Å². The third kappa shape index (κ3) is 1.75. The SMILES string of the molecule is N[C@@H]1CCCN2c3ccccc3Cc3ccccc3[C@@H]12. The van der Waals surface area contributed by atoms with E-state index in [0.29, 0.717) is 6.04 Å². The molecule has 2 aromatic rings. The van der Waals surface area contributed by atoms with E-state index in [4.69, 9.17) is 5.73 Å². The Morgan fingerprint density at radius 1 is 0.950 bits per heavy atom. The predicted octanol–water partition coefficient (Wildman–Crippen LogP) is 3.26. The molecule has 20 heavy (non-hydrogen) atoms. The van der Waals surface area contributed by atoms with Crippen LogP contribution in [0.2, 0.25) is 0 Å². The number of para-hydroxylation sites is 1. The van der Waals surface area contributed by atoms with E-state index in [1.165, 1.54) is 28.8 Å². The van der Waals surface area contributed by atoms with Crippen LogP contribution in [0.5, 0.6) is 0 Å². The van der Waals surface area contributed by atoms with Gasteiger partial charge in [0.2, 0.25) is 0 Å². The molecule has 0 aliphatic carbocycles. The molecule has 0 spiro atoms. The summed E-state index contributed by atoms with van der Waals surface area (Å²) >= 11 is 0. The molecule has 2 nitrogen and oxygen atoms in total. The molecule has 0 bridgehead atoms. The fraction of sp³-hybridized carbons (Fsp3) is 0.333. The summed E-state index contributed by atoms with van der Waals surface area (Å²) in [5, 5.41) is 0. The van der Waals surface area contributed by atoms with Crippen molar-refractivity contribution in [1.82, 2.24) is 0 Å². The summed E-state index contributed by atoms with van der Waals surface area (Å²) in [7, 11) is 0. The van der Waals surface area contributed by atoms with Gasteiger partial charge in [0, 0.05) is 18.3 Å². The molecule has 0 saturated carbocycles. The lowest BCUT2D eigenvalue weighted by atomic mass is 9.88. The lowest BCUT2D eigenvalue weighted by molar-refractivity contribution is 0.410. The highest BCUT2D eigenvalue weighted by Crippen LogP contribution is 2.41. The highest BCUT2D eigenvalue weighted by Gasteiger charge is 2.34. The van der Waals surface area contributed by atoms with Gasteiger partial charge in [-0.25, -0.2) is 0 Å². The molecule has 2 heteroatoms. The molecule has 0 unspecified atom stereocenters. The largest absolute Gasteiger partial charge is 0.363 e. The average Bonchev–Trinajstić information content (AvgIpc) is 2.62. The molecule has 4 rings (SSSR count). The van der Waals surface area contributed by atoms with E-state index in [1.54, 1.807) is 0 Å². The second kappa shape index (κ2) is 4.64. The number of piperidine rings is 1. The van der Waals surface area contributed by atoms with Crippen molar-refractivity contribution in [3.05, 3.63) is 65.2 Å². The molecule has 0 aromatic heterocycles. The van der Waals surface area contributed by atoms with Gasteiger partial charge in [-0.2, -0.15) is 0 Å². The van der Waals surface area contributed by atoms with Crippen LogP contribution in [0.25, 0.3) is 0 Å². The van der Waals surface area contributed by atoms with Crippen LogP contribution in [0.3, 0.4) is 0 Å². The molecule has 2 aliphatic heterocycles. The Morgan fingerprint density at radius 3 is 2.60 bits per heavy atom. The van der Waals surface area contributed by atoms with Crippen molar-refractivity contribution in [3.63, 3.8) is 0 Å². The molecule has 2 aromatic carbocycles. The first kappa shape index (κ1) is 12.0. The second-order valence-corrected chi connectivity index (χ2v) is 5.95. The highest BCUT2D eigenvalue weighted by atomic mass is 15.2. The van der Waals surface area contributed by atoms with Crippen molar-refractivity contribution in [2.45, 2.75) is 31.3 Å². The average molecular weight is 264 g/mol. The molecule has 1 saturated heterocycles. The number of nitrogens with zero attached hydrogens (tertiary/aromatic N) is 1. The zero-order chi connectivity index (χ0) is 13.5. The van der Waals surface area contributed by atoms with Gasteiger partial charge in [-0.05, 0) is 42.0 Å². The summed E-state index contributed by atoms with van der Waals surface area (Å²) < 4.78 is 0. The number of rotatable bonds is 0. The van der Waals surface area contributed by atoms with Gasteiger partial charge in [-0.1, -0.05) is 42.5 Å². The Hall–Kier alpha value is -1.80. The van der Waals surface area contributed by atoms with Crippen molar-refractivity contribution in [2.75, 3.05) is 11.4 Å². The van der Waals surface area contributed by atoms with E-state index in [2.05, 4.69) is 53.4 Å².